The van der Waals surface area contributed by atoms with Gasteiger partial charge in [0.05, 0.1) is 11.4 Å². The first kappa shape index (κ1) is 21.7. The highest BCUT2D eigenvalue weighted by atomic mass is 35.5. The van der Waals surface area contributed by atoms with Gasteiger partial charge in [0, 0.05) is 28.7 Å². The molecule has 0 unspecified atom stereocenters. The van der Waals surface area contributed by atoms with Gasteiger partial charge < -0.3 is 5.32 Å². The molecule has 1 N–H and O–H groups in total. The molecule has 33 heavy (non-hydrogen) atoms. The lowest BCUT2D eigenvalue weighted by molar-refractivity contribution is -0.113. The van der Waals surface area contributed by atoms with Crippen molar-refractivity contribution in [2.24, 2.45) is 0 Å². The molecule has 2 aromatic heterocycles. The molecule has 0 bridgehead atoms. The number of anilines is 1. The Labute approximate surface area is 201 Å². The van der Waals surface area contributed by atoms with Gasteiger partial charge in [0.1, 0.15) is 0 Å². The van der Waals surface area contributed by atoms with Crippen molar-refractivity contribution in [1.82, 2.24) is 19.7 Å². The molecule has 5 rings (SSSR count). The highest BCUT2D eigenvalue weighted by molar-refractivity contribution is 7.99. The molecule has 0 fully saturated rings. The molecule has 0 spiro atoms. The second-order valence-corrected chi connectivity index (χ2v) is 9.29. The van der Waals surface area contributed by atoms with Crippen LogP contribution in [-0.4, -0.2) is 31.4 Å². The van der Waals surface area contributed by atoms with Gasteiger partial charge in [-0.05, 0) is 79.3 Å². The maximum atomic E-state index is 12.7. The Morgan fingerprint density at radius 2 is 1.91 bits per heavy atom. The lowest BCUT2D eigenvalue weighted by Gasteiger charge is -2.14. The summed E-state index contributed by atoms with van der Waals surface area (Å²) in [6.45, 7) is 1.96. The zero-order chi connectivity index (χ0) is 22.8. The molecule has 2 heterocycles. The fourth-order valence-corrected chi connectivity index (χ4v) is 5.00. The van der Waals surface area contributed by atoms with Crippen LogP contribution in [0.2, 0.25) is 5.02 Å². The second-order valence-electron chi connectivity index (χ2n) is 7.94. The summed E-state index contributed by atoms with van der Waals surface area (Å²) in [7, 11) is 0. The number of carbonyl (C=O) groups is 1. The van der Waals surface area contributed by atoms with Gasteiger partial charge >= 0.3 is 0 Å². The molecule has 1 amide bonds. The van der Waals surface area contributed by atoms with Gasteiger partial charge in [0.25, 0.3) is 0 Å². The first-order valence-corrected chi connectivity index (χ1v) is 12.1. The van der Waals surface area contributed by atoms with E-state index in [-0.39, 0.29) is 11.7 Å². The standard InChI is InChI=1S/C25H22ClN5OS/c1-16-21(26)6-3-7-22(16)31-24(18-10-12-27-13-11-18)29-30-25(31)33-15-23(32)28-20-9-8-17-4-2-5-19(17)14-20/h3,6-14H,2,4-5,15H2,1H3,(H,28,32). The number of rotatable bonds is 6. The molecule has 4 aromatic rings. The SMILES string of the molecule is Cc1c(Cl)cccc1-n1c(SCC(=O)Nc2ccc3c(c2)CCC3)nnc1-c1ccncc1. The fraction of sp³-hybridized carbons (Fsp3) is 0.200. The van der Waals surface area contributed by atoms with Gasteiger partial charge in [-0.3, -0.25) is 14.3 Å². The van der Waals surface area contributed by atoms with Crippen molar-refractivity contribution < 1.29 is 4.79 Å². The third-order valence-corrected chi connectivity index (χ3v) is 7.10. The lowest BCUT2D eigenvalue weighted by Crippen LogP contribution is -2.15. The fourth-order valence-electron chi connectivity index (χ4n) is 4.08. The number of benzene rings is 2. The number of nitrogens with one attached hydrogen (secondary N) is 1. The molecule has 1 aliphatic carbocycles. The van der Waals surface area contributed by atoms with E-state index in [1.54, 1.807) is 12.4 Å². The van der Waals surface area contributed by atoms with Crippen LogP contribution in [0.25, 0.3) is 17.1 Å². The number of fused-ring (bicyclic) bond motifs is 1. The Bertz CT molecular complexity index is 1320. The van der Waals surface area contributed by atoms with Crippen molar-refractivity contribution in [2.45, 2.75) is 31.3 Å². The summed E-state index contributed by atoms with van der Waals surface area (Å²) in [6, 6.07) is 15.7. The van der Waals surface area contributed by atoms with Gasteiger partial charge in [-0.15, -0.1) is 10.2 Å². The number of aromatic nitrogens is 4. The minimum absolute atomic E-state index is 0.0826. The van der Waals surface area contributed by atoms with Crippen molar-refractivity contribution in [3.63, 3.8) is 0 Å². The average Bonchev–Trinajstić information content (AvgIpc) is 3.47. The van der Waals surface area contributed by atoms with E-state index >= 15 is 0 Å². The quantitative estimate of drug-likeness (QED) is 0.372. The number of carbonyl (C=O) groups excluding carboxylic acids is 1. The molecule has 0 saturated heterocycles. The summed E-state index contributed by atoms with van der Waals surface area (Å²) < 4.78 is 1.95. The Morgan fingerprint density at radius 1 is 1.09 bits per heavy atom. The minimum Gasteiger partial charge on any atom is -0.325 e. The zero-order valence-electron chi connectivity index (χ0n) is 18.1. The Kier molecular flexibility index (Phi) is 6.15. The first-order valence-electron chi connectivity index (χ1n) is 10.8. The number of amides is 1. The van der Waals surface area contributed by atoms with Crippen LogP contribution in [0, 0.1) is 6.92 Å². The maximum absolute atomic E-state index is 12.7. The van der Waals surface area contributed by atoms with Crippen LogP contribution in [0.1, 0.15) is 23.1 Å². The van der Waals surface area contributed by atoms with E-state index in [4.69, 9.17) is 11.6 Å². The van der Waals surface area contributed by atoms with Crippen molar-refractivity contribution in [3.05, 3.63) is 82.6 Å². The molecule has 0 radical (unpaired) electrons. The Hall–Kier alpha value is -3.16. The summed E-state index contributed by atoms with van der Waals surface area (Å²) in [4.78, 5) is 16.8. The largest absolute Gasteiger partial charge is 0.325 e. The normalized spacial score (nSPS) is 12.5. The summed E-state index contributed by atoms with van der Waals surface area (Å²) in [5.74, 6) is 0.801. The smallest absolute Gasteiger partial charge is 0.234 e. The van der Waals surface area contributed by atoms with Crippen molar-refractivity contribution in [1.29, 1.82) is 0 Å². The summed E-state index contributed by atoms with van der Waals surface area (Å²) in [5, 5.41) is 13.1. The van der Waals surface area contributed by atoms with Crippen LogP contribution < -0.4 is 5.32 Å². The third kappa shape index (κ3) is 4.51. The predicted molar refractivity (Wildman–Crippen MR) is 132 cm³/mol. The molecule has 2 aromatic carbocycles. The van der Waals surface area contributed by atoms with E-state index in [1.807, 2.05) is 47.9 Å². The number of thioether (sulfide) groups is 1. The molecule has 0 saturated carbocycles. The Morgan fingerprint density at radius 3 is 2.76 bits per heavy atom. The highest BCUT2D eigenvalue weighted by Crippen LogP contribution is 2.32. The first-order chi connectivity index (χ1) is 16.1. The minimum atomic E-state index is -0.0826. The van der Waals surface area contributed by atoms with Crippen LogP contribution in [0.5, 0.6) is 0 Å². The van der Waals surface area contributed by atoms with Gasteiger partial charge in [-0.25, -0.2) is 0 Å². The van der Waals surface area contributed by atoms with Crippen LogP contribution in [-0.2, 0) is 17.6 Å². The van der Waals surface area contributed by atoms with E-state index in [0.717, 1.165) is 35.3 Å². The molecular formula is C25H22ClN5OS. The number of hydrogen-bond acceptors (Lipinski definition) is 5. The predicted octanol–water partition coefficient (Wildman–Crippen LogP) is 5.51. The van der Waals surface area contributed by atoms with Gasteiger partial charge in [-0.2, -0.15) is 0 Å². The molecular weight excluding hydrogens is 454 g/mol. The maximum Gasteiger partial charge on any atom is 0.234 e. The van der Waals surface area contributed by atoms with E-state index in [2.05, 4.69) is 32.6 Å². The number of pyridine rings is 1. The summed E-state index contributed by atoms with van der Waals surface area (Å²) in [5.41, 5.74) is 6.23. The van der Waals surface area contributed by atoms with E-state index in [9.17, 15) is 4.79 Å². The van der Waals surface area contributed by atoms with Crippen LogP contribution in [0.15, 0.2) is 66.1 Å². The second kappa shape index (κ2) is 9.37. The van der Waals surface area contributed by atoms with Crippen LogP contribution in [0.3, 0.4) is 0 Å². The number of aryl methyl sites for hydroxylation is 2. The van der Waals surface area contributed by atoms with Gasteiger partial charge in [0.15, 0.2) is 11.0 Å². The molecule has 6 nitrogen and oxygen atoms in total. The van der Waals surface area contributed by atoms with E-state index in [1.165, 1.54) is 29.3 Å². The third-order valence-electron chi connectivity index (χ3n) is 5.77. The van der Waals surface area contributed by atoms with Crippen LogP contribution >= 0.6 is 23.4 Å². The Balaban J connectivity index is 1.40. The van der Waals surface area contributed by atoms with Crippen molar-refractivity contribution in [3.8, 4) is 17.1 Å². The van der Waals surface area contributed by atoms with E-state index in [0.29, 0.717) is 16.0 Å². The zero-order valence-corrected chi connectivity index (χ0v) is 19.7. The number of nitrogens with zero attached hydrogens (tertiary/aromatic N) is 4. The molecule has 8 heteroatoms. The van der Waals surface area contributed by atoms with Crippen molar-refractivity contribution in [2.75, 3.05) is 11.1 Å². The number of halogens is 1. The molecule has 166 valence electrons. The van der Waals surface area contributed by atoms with E-state index < -0.39 is 0 Å². The molecule has 0 aliphatic heterocycles. The summed E-state index contributed by atoms with van der Waals surface area (Å²) >= 11 is 7.75. The topological polar surface area (TPSA) is 72.7 Å². The van der Waals surface area contributed by atoms with Crippen LogP contribution in [0.4, 0.5) is 5.69 Å². The van der Waals surface area contributed by atoms with Gasteiger partial charge in [-0.1, -0.05) is 35.5 Å². The molecule has 0 atom stereocenters. The lowest BCUT2D eigenvalue weighted by atomic mass is 10.1. The highest BCUT2D eigenvalue weighted by Gasteiger charge is 2.19. The summed E-state index contributed by atoms with van der Waals surface area (Å²) in [6.07, 6.45) is 6.82. The average molecular weight is 476 g/mol. The van der Waals surface area contributed by atoms with Crippen molar-refractivity contribution >= 4 is 35.0 Å². The molecule has 1 aliphatic rings. The monoisotopic (exact) mass is 475 g/mol. The van der Waals surface area contributed by atoms with Gasteiger partial charge in [0.2, 0.25) is 5.91 Å². The number of hydrogen-bond donors (Lipinski definition) is 1.